The molecular formula is C22H21N5O3S2. The number of aryl methyl sites for hydroxylation is 3. The van der Waals surface area contributed by atoms with Crippen LogP contribution in [0.4, 0.5) is 5.69 Å². The van der Waals surface area contributed by atoms with Crippen LogP contribution in [0.25, 0.3) is 21.7 Å². The molecule has 0 spiro atoms. The fraction of sp³-hybridized carbons (Fsp3) is 0.227. The first kappa shape index (κ1) is 22.0. The van der Waals surface area contributed by atoms with E-state index in [4.69, 9.17) is 0 Å². The highest BCUT2D eigenvalue weighted by molar-refractivity contribution is 8.00. The summed E-state index contributed by atoms with van der Waals surface area (Å²) in [4.78, 5) is 47.8. The lowest BCUT2D eigenvalue weighted by Crippen LogP contribution is -2.37. The van der Waals surface area contributed by atoms with Gasteiger partial charge < -0.3 is 5.32 Å². The second-order valence-electron chi connectivity index (χ2n) is 7.45. The van der Waals surface area contributed by atoms with Gasteiger partial charge in [0.05, 0.1) is 10.6 Å². The molecule has 0 atom stereocenters. The molecule has 0 fully saturated rings. The maximum absolute atomic E-state index is 12.9. The molecular weight excluding hydrogens is 446 g/mol. The average molecular weight is 468 g/mol. The van der Waals surface area contributed by atoms with Crippen LogP contribution >= 0.6 is 23.1 Å². The molecule has 0 radical (unpaired) electrons. The van der Waals surface area contributed by atoms with Gasteiger partial charge in [0.1, 0.15) is 10.4 Å². The van der Waals surface area contributed by atoms with E-state index in [0.717, 1.165) is 38.0 Å². The highest BCUT2D eigenvalue weighted by Gasteiger charge is 2.19. The Balaban J connectivity index is 1.73. The second kappa shape index (κ2) is 8.71. The third-order valence-corrected chi connectivity index (χ3v) is 6.69. The number of thiophene rings is 1. The zero-order valence-electron chi connectivity index (χ0n) is 18.0. The molecule has 0 aliphatic carbocycles. The highest BCUT2D eigenvalue weighted by Crippen LogP contribution is 2.28. The molecule has 1 aromatic carbocycles. The number of carbonyl (C=O) groups excluding carboxylic acids is 1. The minimum absolute atomic E-state index is 0.0506. The third-order valence-electron chi connectivity index (χ3n) is 4.85. The first-order chi connectivity index (χ1) is 15.2. The summed E-state index contributed by atoms with van der Waals surface area (Å²) in [6.45, 7) is 3.94. The lowest BCUT2D eigenvalue weighted by atomic mass is 10.1. The molecule has 3 heterocycles. The Morgan fingerprint density at radius 2 is 1.81 bits per heavy atom. The van der Waals surface area contributed by atoms with Gasteiger partial charge >= 0.3 is 5.69 Å². The van der Waals surface area contributed by atoms with Crippen molar-refractivity contribution >= 4 is 45.7 Å². The molecule has 0 saturated carbocycles. The molecule has 4 aromatic rings. The summed E-state index contributed by atoms with van der Waals surface area (Å²) in [5.74, 6) is 0.244. The van der Waals surface area contributed by atoms with Gasteiger partial charge in [-0.25, -0.2) is 14.8 Å². The maximum Gasteiger partial charge on any atom is 0.332 e. The summed E-state index contributed by atoms with van der Waals surface area (Å²) in [5.41, 5.74) is 2.12. The number of nitrogens with zero attached hydrogens (tertiary/aromatic N) is 4. The molecule has 1 N–H and O–H groups in total. The van der Waals surface area contributed by atoms with E-state index < -0.39 is 11.2 Å². The number of rotatable bonds is 5. The topological polar surface area (TPSA) is 98.9 Å². The summed E-state index contributed by atoms with van der Waals surface area (Å²) < 4.78 is 2.35. The van der Waals surface area contributed by atoms with Gasteiger partial charge in [0, 0.05) is 19.8 Å². The number of hydrogen-bond acceptors (Lipinski definition) is 7. The summed E-state index contributed by atoms with van der Waals surface area (Å²) in [6, 6.07) is 9.57. The minimum Gasteiger partial charge on any atom is -0.325 e. The molecule has 4 rings (SSSR count). The molecule has 0 bridgehead atoms. The predicted molar refractivity (Wildman–Crippen MR) is 129 cm³/mol. The van der Waals surface area contributed by atoms with E-state index >= 15 is 0 Å². The largest absolute Gasteiger partial charge is 0.332 e. The van der Waals surface area contributed by atoms with Crippen LogP contribution in [-0.2, 0) is 18.9 Å². The molecule has 1 amide bonds. The summed E-state index contributed by atoms with van der Waals surface area (Å²) in [5, 5.41) is 5.38. The number of hydrogen-bond donors (Lipinski definition) is 1. The Morgan fingerprint density at radius 1 is 1.09 bits per heavy atom. The first-order valence-electron chi connectivity index (χ1n) is 9.77. The Hall–Kier alpha value is -3.24. The molecule has 0 unspecified atom stereocenters. The molecule has 0 aliphatic rings. The lowest BCUT2D eigenvalue weighted by Gasteiger charge is -2.12. The van der Waals surface area contributed by atoms with Crippen molar-refractivity contribution in [3.05, 3.63) is 67.7 Å². The van der Waals surface area contributed by atoms with Gasteiger partial charge in [-0.1, -0.05) is 23.9 Å². The van der Waals surface area contributed by atoms with Crippen molar-refractivity contribution in [2.45, 2.75) is 18.9 Å². The number of fused-ring (bicyclic) bond motifs is 1. The van der Waals surface area contributed by atoms with E-state index in [9.17, 15) is 14.4 Å². The number of amides is 1. The van der Waals surface area contributed by atoms with E-state index in [1.807, 2.05) is 49.6 Å². The molecule has 8 nitrogen and oxygen atoms in total. The van der Waals surface area contributed by atoms with Crippen molar-refractivity contribution in [2.24, 2.45) is 14.1 Å². The van der Waals surface area contributed by atoms with Gasteiger partial charge in [-0.05, 0) is 48.6 Å². The average Bonchev–Trinajstić information content (AvgIpc) is 3.28. The smallest absolute Gasteiger partial charge is 0.325 e. The van der Waals surface area contributed by atoms with Gasteiger partial charge in [0.25, 0.3) is 5.56 Å². The van der Waals surface area contributed by atoms with Crippen LogP contribution in [0.2, 0.25) is 0 Å². The van der Waals surface area contributed by atoms with E-state index in [1.54, 1.807) is 7.05 Å². The zero-order chi connectivity index (χ0) is 23.0. The molecule has 0 aliphatic heterocycles. The zero-order valence-corrected chi connectivity index (χ0v) is 19.6. The maximum atomic E-state index is 12.9. The highest BCUT2D eigenvalue weighted by atomic mass is 32.2. The molecule has 3 aromatic heterocycles. The normalized spacial score (nSPS) is 11.1. The number of nitrogens with one attached hydrogen (secondary N) is 1. The standard InChI is InChI=1S/C22H21N5O3S2/c1-12-8-13(2)10-14(9-12)23-16(28)11-32-20-17-19(26(3)22(30)27(4)21(17)29)24-18(25-20)15-6-5-7-31-15/h5-10H,11H2,1-4H3,(H,23,28). The van der Waals surface area contributed by atoms with E-state index in [1.165, 1.54) is 23.0 Å². The second-order valence-corrected chi connectivity index (χ2v) is 9.36. The van der Waals surface area contributed by atoms with Gasteiger partial charge in [-0.3, -0.25) is 18.7 Å². The number of thioether (sulfide) groups is 1. The lowest BCUT2D eigenvalue weighted by molar-refractivity contribution is -0.113. The summed E-state index contributed by atoms with van der Waals surface area (Å²) in [7, 11) is 2.98. The minimum atomic E-state index is -0.488. The predicted octanol–water partition coefficient (Wildman–Crippen LogP) is 3.10. The Morgan fingerprint density at radius 3 is 2.47 bits per heavy atom. The van der Waals surface area contributed by atoms with Crippen LogP contribution in [0.3, 0.4) is 0 Å². The molecule has 32 heavy (non-hydrogen) atoms. The van der Waals surface area contributed by atoms with Crippen LogP contribution in [0.15, 0.2) is 50.3 Å². The number of benzene rings is 1. The van der Waals surface area contributed by atoms with Crippen LogP contribution in [0.5, 0.6) is 0 Å². The van der Waals surface area contributed by atoms with E-state index in [-0.39, 0.29) is 22.7 Å². The van der Waals surface area contributed by atoms with Gasteiger partial charge in [-0.2, -0.15) is 0 Å². The van der Waals surface area contributed by atoms with Crippen LogP contribution in [0, 0.1) is 13.8 Å². The van der Waals surface area contributed by atoms with Crippen molar-refractivity contribution in [1.82, 2.24) is 19.1 Å². The monoisotopic (exact) mass is 467 g/mol. The van der Waals surface area contributed by atoms with Gasteiger partial charge in [-0.15, -0.1) is 11.3 Å². The van der Waals surface area contributed by atoms with Gasteiger partial charge in [0.2, 0.25) is 5.91 Å². The van der Waals surface area contributed by atoms with Crippen LogP contribution in [-0.4, -0.2) is 30.8 Å². The van der Waals surface area contributed by atoms with E-state index in [0.29, 0.717) is 10.9 Å². The summed E-state index contributed by atoms with van der Waals surface area (Å²) in [6.07, 6.45) is 0. The van der Waals surface area contributed by atoms with Crippen molar-refractivity contribution in [3.63, 3.8) is 0 Å². The molecule has 10 heteroatoms. The van der Waals surface area contributed by atoms with Crippen molar-refractivity contribution in [2.75, 3.05) is 11.1 Å². The van der Waals surface area contributed by atoms with Crippen LogP contribution < -0.4 is 16.6 Å². The fourth-order valence-corrected chi connectivity index (χ4v) is 4.90. The van der Waals surface area contributed by atoms with Crippen molar-refractivity contribution in [1.29, 1.82) is 0 Å². The van der Waals surface area contributed by atoms with E-state index in [2.05, 4.69) is 15.3 Å². The van der Waals surface area contributed by atoms with Crippen molar-refractivity contribution in [3.8, 4) is 10.7 Å². The summed E-state index contributed by atoms with van der Waals surface area (Å²) >= 11 is 2.60. The van der Waals surface area contributed by atoms with Gasteiger partial charge in [0.15, 0.2) is 11.5 Å². The third kappa shape index (κ3) is 4.23. The number of aromatic nitrogens is 4. The molecule has 0 saturated heterocycles. The fourth-order valence-electron chi connectivity index (χ4n) is 3.43. The quantitative estimate of drug-likeness (QED) is 0.358. The van der Waals surface area contributed by atoms with Crippen molar-refractivity contribution < 1.29 is 4.79 Å². The number of anilines is 1. The Bertz CT molecular complexity index is 1440. The SMILES string of the molecule is Cc1cc(C)cc(NC(=O)CSc2nc(-c3cccs3)nc3c2c(=O)n(C)c(=O)n3C)c1. The Kier molecular flexibility index (Phi) is 5.98. The first-order valence-corrected chi connectivity index (χ1v) is 11.6. The number of carbonyl (C=O) groups is 1. The molecule has 164 valence electrons. The Labute approximate surface area is 192 Å². The van der Waals surface area contributed by atoms with Crippen LogP contribution in [0.1, 0.15) is 11.1 Å².